The highest BCUT2D eigenvalue weighted by molar-refractivity contribution is 14.1. The molecule has 0 amide bonds. The number of fused-ring (bicyclic) bond motifs is 2. The molecule has 0 radical (unpaired) electrons. The molecule has 266 valence electrons. The summed E-state index contributed by atoms with van der Waals surface area (Å²) >= 11 is 1.73. The zero-order valence-corrected chi connectivity index (χ0v) is 30.1. The van der Waals surface area contributed by atoms with Gasteiger partial charge in [-0.25, -0.2) is 14.4 Å². The Hall–Kier alpha value is -2.85. The van der Waals surface area contributed by atoms with E-state index in [4.69, 9.17) is 18.9 Å². The number of ether oxygens (including phenoxy) is 4. The number of aliphatic carboxylic acids is 2. The molecule has 2 aliphatic heterocycles. The number of benzene rings is 1. The largest absolute Gasteiger partial charge is 0.479 e. The number of aliphatic hydroxyl groups excluding tert-OH is 1. The summed E-state index contributed by atoms with van der Waals surface area (Å²) in [4.78, 5) is 50.8. The number of hydrogen-bond donors (Lipinski definition) is 4. The summed E-state index contributed by atoms with van der Waals surface area (Å²) in [6.45, 7) is 13.3. The van der Waals surface area contributed by atoms with Gasteiger partial charge in [-0.2, -0.15) is 0 Å². The van der Waals surface area contributed by atoms with Crippen LogP contribution in [0.5, 0.6) is 0 Å². The molecule has 0 spiro atoms. The van der Waals surface area contributed by atoms with Crippen LogP contribution >= 0.6 is 22.6 Å². The van der Waals surface area contributed by atoms with Crippen LogP contribution in [-0.4, -0.2) is 90.1 Å². The van der Waals surface area contributed by atoms with Crippen LogP contribution in [0.1, 0.15) is 65.9 Å². The normalized spacial score (nSPS) is 30.6. The summed E-state index contributed by atoms with van der Waals surface area (Å²) in [5.41, 5.74) is -5.04. The highest BCUT2D eigenvalue weighted by Crippen LogP contribution is 2.56. The summed E-state index contributed by atoms with van der Waals surface area (Å²) in [6, 6.07) is 9.53. The maximum absolute atomic E-state index is 13.1. The number of carbonyl (C=O) groups excluding carboxylic acids is 2. The van der Waals surface area contributed by atoms with Crippen LogP contribution in [-0.2, 0) is 44.5 Å². The van der Waals surface area contributed by atoms with Gasteiger partial charge in [-0.3, -0.25) is 4.79 Å². The molecule has 13 heteroatoms. The molecule has 1 aromatic rings. The first kappa shape index (κ1) is 39.6. The van der Waals surface area contributed by atoms with Gasteiger partial charge in [-0.15, -0.1) is 0 Å². The summed E-state index contributed by atoms with van der Waals surface area (Å²) in [6.07, 6.45) is -2.21. The zero-order valence-electron chi connectivity index (χ0n) is 28.0. The monoisotopic (exact) mass is 786 g/mol. The van der Waals surface area contributed by atoms with Gasteiger partial charge in [0, 0.05) is 29.8 Å². The van der Waals surface area contributed by atoms with Gasteiger partial charge in [-0.1, -0.05) is 99.7 Å². The van der Waals surface area contributed by atoms with E-state index in [-0.39, 0.29) is 29.1 Å². The second-order valence-corrected chi connectivity index (χ2v) is 13.9. The Kier molecular flexibility index (Phi) is 13.4. The highest BCUT2D eigenvalue weighted by Gasteiger charge is 2.84. The number of carboxylic acid groups (broad SMARTS) is 2. The second kappa shape index (κ2) is 16.2. The molecule has 0 unspecified atom stereocenters. The Balaban J connectivity index is 1.97. The summed E-state index contributed by atoms with van der Waals surface area (Å²) in [5.74, 6) is -7.73. The van der Waals surface area contributed by atoms with E-state index < -0.39 is 65.3 Å². The maximum atomic E-state index is 13.1. The van der Waals surface area contributed by atoms with Crippen molar-refractivity contribution in [2.24, 2.45) is 17.8 Å². The molecule has 0 aromatic heterocycles. The molecule has 2 heterocycles. The average molecular weight is 787 g/mol. The molecule has 4 N–H and O–H groups in total. The van der Waals surface area contributed by atoms with Crippen molar-refractivity contribution in [3.8, 4) is 0 Å². The first-order valence-electron chi connectivity index (χ1n) is 16.1. The van der Waals surface area contributed by atoms with Gasteiger partial charge in [-0.05, 0) is 42.2 Å². The predicted octanol–water partition coefficient (Wildman–Crippen LogP) is 4.23. The number of aliphatic hydroxyl groups is 2. The first-order chi connectivity index (χ1) is 22.5. The van der Waals surface area contributed by atoms with Gasteiger partial charge in [0.2, 0.25) is 17.0 Å². The van der Waals surface area contributed by atoms with Gasteiger partial charge in [0.15, 0.2) is 6.10 Å². The van der Waals surface area contributed by atoms with Crippen molar-refractivity contribution in [2.45, 2.75) is 108 Å². The summed E-state index contributed by atoms with van der Waals surface area (Å²) < 4.78 is 22.7. The molecular formula is C35H47IO12. The Morgan fingerprint density at radius 3 is 2.29 bits per heavy atom. The first-order valence-corrected chi connectivity index (χ1v) is 17.6. The Labute approximate surface area is 294 Å². The van der Waals surface area contributed by atoms with E-state index in [9.17, 15) is 39.6 Å². The fourth-order valence-corrected chi connectivity index (χ4v) is 7.43. The van der Waals surface area contributed by atoms with Crippen LogP contribution in [0.4, 0.5) is 0 Å². The van der Waals surface area contributed by atoms with Gasteiger partial charge in [0.1, 0.15) is 18.3 Å². The van der Waals surface area contributed by atoms with Gasteiger partial charge in [0.25, 0.3) is 0 Å². The van der Waals surface area contributed by atoms with Gasteiger partial charge >= 0.3 is 23.9 Å². The van der Waals surface area contributed by atoms with Crippen molar-refractivity contribution < 1.29 is 58.6 Å². The molecule has 1 aromatic carbocycles. The number of alkyl halides is 1. The van der Waals surface area contributed by atoms with E-state index in [0.29, 0.717) is 17.9 Å². The third-order valence-electron chi connectivity index (χ3n) is 9.31. The smallest absolute Gasteiger partial charge is 0.344 e. The minimum absolute atomic E-state index is 0.0422. The van der Waals surface area contributed by atoms with Crippen molar-refractivity contribution in [2.75, 3.05) is 4.43 Å². The molecule has 48 heavy (non-hydrogen) atoms. The van der Waals surface area contributed by atoms with Crippen molar-refractivity contribution >= 4 is 46.5 Å². The third kappa shape index (κ3) is 7.96. The van der Waals surface area contributed by atoms with Gasteiger partial charge in [0.05, 0.1) is 0 Å². The number of carbonyl (C=O) groups is 4. The molecule has 0 aliphatic carbocycles. The van der Waals surface area contributed by atoms with E-state index in [1.165, 1.54) is 6.92 Å². The second-order valence-electron chi connectivity index (χ2n) is 13.0. The topological polar surface area (TPSA) is 186 Å². The van der Waals surface area contributed by atoms with E-state index in [0.717, 1.165) is 24.5 Å². The number of esters is 2. The lowest BCUT2D eigenvalue weighted by Gasteiger charge is -2.49. The molecule has 0 saturated carbocycles. The summed E-state index contributed by atoms with van der Waals surface area (Å²) in [5, 5.41) is 44.1. The van der Waals surface area contributed by atoms with E-state index in [2.05, 4.69) is 13.5 Å². The van der Waals surface area contributed by atoms with E-state index in [1.807, 2.05) is 51.1 Å². The molecule has 10 atom stereocenters. The Bertz CT molecular complexity index is 1370. The molecule has 2 aliphatic rings. The van der Waals surface area contributed by atoms with Crippen molar-refractivity contribution in [1.82, 2.24) is 0 Å². The molecular weight excluding hydrogens is 739 g/mol. The Morgan fingerprint density at radius 2 is 1.75 bits per heavy atom. The van der Waals surface area contributed by atoms with E-state index >= 15 is 0 Å². The lowest BCUT2D eigenvalue weighted by Crippen LogP contribution is -2.77. The summed E-state index contributed by atoms with van der Waals surface area (Å²) in [7, 11) is 0. The van der Waals surface area contributed by atoms with E-state index in [1.54, 1.807) is 28.7 Å². The molecule has 2 fully saturated rings. The van der Waals surface area contributed by atoms with Crippen molar-refractivity contribution in [3.05, 3.63) is 60.2 Å². The van der Waals surface area contributed by atoms with Crippen LogP contribution in [0.2, 0.25) is 0 Å². The lowest BCUT2D eigenvalue weighted by atomic mass is 9.75. The number of rotatable bonds is 17. The molecule has 12 nitrogen and oxygen atoms in total. The average Bonchev–Trinajstić information content (AvgIpc) is 3.25. The fourth-order valence-electron chi connectivity index (χ4n) is 6.61. The number of halogens is 1. The van der Waals surface area contributed by atoms with Crippen molar-refractivity contribution in [3.63, 3.8) is 0 Å². The maximum Gasteiger partial charge on any atom is 0.344 e. The number of hydrogen-bond acceptors (Lipinski definition) is 10. The van der Waals surface area contributed by atoms with Crippen LogP contribution in [0.25, 0.3) is 0 Å². The molecule has 3 rings (SSSR count). The van der Waals surface area contributed by atoms with Gasteiger partial charge < -0.3 is 39.4 Å². The standard InChI is InChI=1S/C35H47IO12/c1-7-20(2)17-21(3)13-14-27(38)46-30-29(39)33(47-26(19-36)34(44,31(40)41)35(30,48-33)32(42)43)16-15-22(4)28(45-24(6)37)23(5)18-25-11-9-8-10-12-25/h8-14,20-21,23,26,28-30,39,44H,4,7,15-19H2,1-3,5-6H3,(H,40,41)(H,42,43)/b14-13+/t20-,21+,23+,26+,28+,29+,30+,33+,34+,35+/m0/s1. The highest BCUT2D eigenvalue weighted by atomic mass is 127. The number of carboxylic acids is 2. The quantitative estimate of drug-likeness (QED) is 0.0580. The van der Waals surface area contributed by atoms with Crippen molar-refractivity contribution in [1.29, 1.82) is 0 Å². The zero-order chi connectivity index (χ0) is 36.0. The predicted molar refractivity (Wildman–Crippen MR) is 182 cm³/mol. The SMILES string of the molecule is C=C(CC[C@@]12O[C@H](CI)[C@@](O)(C(=O)O)[C@@](C(=O)O)(O1)[C@H](OC(=O)/C=C/[C@@H](C)C[C@@H](C)CC)[C@H]2O)[C@@H](OC(C)=O)[C@H](C)Cc1ccccc1. The molecule has 2 saturated heterocycles. The number of allylic oxidation sites excluding steroid dienone is 1. The third-order valence-corrected chi connectivity index (χ3v) is 10.1. The minimum Gasteiger partial charge on any atom is -0.479 e. The fraction of sp³-hybridized carbons (Fsp3) is 0.600. The van der Waals surface area contributed by atoms with Crippen LogP contribution in [0.3, 0.4) is 0 Å². The molecule has 2 bridgehead atoms. The Morgan fingerprint density at radius 1 is 1.10 bits per heavy atom. The van der Waals surface area contributed by atoms with Crippen LogP contribution in [0, 0.1) is 17.8 Å². The lowest BCUT2D eigenvalue weighted by molar-refractivity contribution is -0.375. The minimum atomic E-state index is -3.28. The van der Waals surface area contributed by atoms with Crippen LogP contribution in [0.15, 0.2) is 54.6 Å². The van der Waals surface area contributed by atoms with Crippen LogP contribution < -0.4 is 0 Å².